The van der Waals surface area contributed by atoms with E-state index >= 15 is 0 Å². The number of aryl methyl sites for hydroxylation is 1. The van der Waals surface area contributed by atoms with Crippen LogP contribution in [0.1, 0.15) is 36.3 Å². The summed E-state index contributed by atoms with van der Waals surface area (Å²) in [7, 11) is 0. The van der Waals surface area contributed by atoms with Gasteiger partial charge in [-0.25, -0.2) is 4.98 Å². The Morgan fingerprint density at radius 2 is 2.17 bits per heavy atom. The molecule has 1 aliphatic heterocycles. The van der Waals surface area contributed by atoms with Gasteiger partial charge in [-0.2, -0.15) is 4.98 Å². The summed E-state index contributed by atoms with van der Waals surface area (Å²) in [5.74, 6) is 2.31. The number of aromatic nitrogens is 4. The first-order valence-electron chi connectivity index (χ1n) is 7.93. The van der Waals surface area contributed by atoms with E-state index in [-0.39, 0.29) is 6.04 Å². The number of nitrogens with one attached hydrogen (secondary N) is 1. The molecule has 118 valence electrons. The van der Waals surface area contributed by atoms with Crippen LogP contribution in [0.25, 0.3) is 11.4 Å². The zero-order chi connectivity index (χ0) is 15.6. The first kappa shape index (κ1) is 14.1. The summed E-state index contributed by atoms with van der Waals surface area (Å²) in [4.78, 5) is 14.5. The number of aromatic amines is 1. The van der Waals surface area contributed by atoms with Crippen LogP contribution >= 0.6 is 0 Å². The molecule has 1 N–H and O–H groups in total. The summed E-state index contributed by atoms with van der Waals surface area (Å²) < 4.78 is 5.55. The number of H-pyrrole nitrogens is 1. The van der Waals surface area contributed by atoms with Crippen molar-refractivity contribution in [1.82, 2.24) is 25.0 Å². The van der Waals surface area contributed by atoms with Crippen molar-refractivity contribution in [3.05, 3.63) is 53.9 Å². The van der Waals surface area contributed by atoms with Gasteiger partial charge in [-0.3, -0.25) is 4.90 Å². The fourth-order valence-electron chi connectivity index (χ4n) is 3.14. The Hall–Kier alpha value is -2.47. The lowest BCUT2D eigenvalue weighted by atomic mass is 10.2. The monoisotopic (exact) mass is 309 g/mol. The van der Waals surface area contributed by atoms with Crippen LogP contribution in [0.2, 0.25) is 0 Å². The van der Waals surface area contributed by atoms with Crippen molar-refractivity contribution < 1.29 is 4.52 Å². The molecule has 1 fully saturated rings. The molecule has 0 unspecified atom stereocenters. The van der Waals surface area contributed by atoms with Crippen LogP contribution < -0.4 is 0 Å². The predicted octanol–water partition coefficient (Wildman–Crippen LogP) is 3.11. The molecule has 0 spiro atoms. The minimum Gasteiger partial charge on any atom is -0.345 e. The van der Waals surface area contributed by atoms with Crippen LogP contribution in [0.3, 0.4) is 0 Å². The van der Waals surface area contributed by atoms with Gasteiger partial charge in [0.25, 0.3) is 0 Å². The van der Waals surface area contributed by atoms with Crippen LogP contribution in [0.5, 0.6) is 0 Å². The van der Waals surface area contributed by atoms with Gasteiger partial charge in [-0.05, 0) is 26.3 Å². The predicted molar refractivity (Wildman–Crippen MR) is 85.4 cm³/mol. The lowest BCUT2D eigenvalue weighted by Gasteiger charge is -2.20. The van der Waals surface area contributed by atoms with Gasteiger partial charge in [0.05, 0.1) is 6.04 Å². The molecular weight excluding hydrogens is 290 g/mol. The second-order valence-electron chi connectivity index (χ2n) is 5.94. The van der Waals surface area contributed by atoms with Crippen molar-refractivity contribution in [2.75, 3.05) is 6.54 Å². The summed E-state index contributed by atoms with van der Waals surface area (Å²) in [6.07, 6.45) is 4.08. The van der Waals surface area contributed by atoms with Crippen LogP contribution in [0.15, 0.2) is 41.1 Å². The van der Waals surface area contributed by atoms with E-state index in [0.717, 1.165) is 43.0 Å². The van der Waals surface area contributed by atoms with Crippen molar-refractivity contribution in [3.63, 3.8) is 0 Å². The third kappa shape index (κ3) is 2.90. The molecule has 0 aliphatic carbocycles. The highest BCUT2D eigenvalue weighted by Gasteiger charge is 2.31. The molecule has 1 aromatic carbocycles. The normalized spacial score (nSPS) is 18.6. The van der Waals surface area contributed by atoms with E-state index in [4.69, 9.17) is 4.52 Å². The van der Waals surface area contributed by atoms with Crippen LogP contribution in [-0.4, -0.2) is 31.6 Å². The van der Waals surface area contributed by atoms with Crippen LogP contribution in [0, 0.1) is 6.92 Å². The Kier molecular flexibility index (Phi) is 3.67. The van der Waals surface area contributed by atoms with E-state index in [1.165, 1.54) is 0 Å². The van der Waals surface area contributed by atoms with Crippen LogP contribution in [-0.2, 0) is 6.54 Å². The topological polar surface area (TPSA) is 70.8 Å². The molecule has 6 heteroatoms. The number of likely N-dealkylation sites (tertiary alicyclic amines) is 1. The first-order valence-corrected chi connectivity index (χ1v) is 7.93. The third-order valence-corrected chi connectivity index (χ3v) is 4.25. The molecule has 6 nitrogen and oxygen atoms in total. The van der Waals surface area contributed by atoms with Crippen LogP contribution in [0.4, 0.5) is 0 Å². The van der Waals surface area contributed by atoms with E-state index in [1.54, 1.807) is 0 Å². The molecule has 4 rings (SSSR count). The largest absolute Gasteiger partial charge is 0.345 e. The quantitative estimate of drug-likeness (QED) is 0.802. The summed E-state index contributed by atoms with van der Waals surface area (Å²) in [5, 5.41) is 4.14. The average Bonchev–Trinajstić information content (AvgIpc) is 3.29. The molecule has 0 radical (unpaired) electrons. The molecule has 1 atom stereocenters. The van der Waals surface area contributed by atoms with Gasteiger partial charge in [-0.1, -0.05) is 35.5 Å². The van der Waals surface area contributed by atoms with Crippen molar-refractivity contribution in [1.29, 1.82) is 0 Å². The number of benzene rings is 1. The summed E-state index contributed by atoms with van der Waals surface area (Å²) in [5.41, 5.74) is 2.11. The summed E-state index contributed by atoms with van der Waals surface area (Å²) >= 11 is 0. The van der Waals surface area contributed by atoms with Gasteiger partial charge in [0, 0.05) is 24.0 Å². The Morgan fingerprint density at radius 3 is 2.96 bits per heavy atom. The molecule has 0 amide bonds. The van der Waals surface area contributed by atoms with Crippen molar-refractivity contribution in [3.8, 4) is 11.4 Å². The minimum absolute atomic E-state index is 0.184. The average molecular weight is 309 g/mol. The lowest BCUT2D eigenvalue weighted by molar-refractivity contribution is 0.199. The van der Waals surface area contributed by atoms with Gasteiger partial charge in [0.2, 0.25) is 11.7 Å². The van der Waals surface area contributed by atoms with Gasteiger partial charge >= 0.3 is 0 Å². The highest BCUT2D eigenvalue weighted by Crippen LogP contribution is 2.32. The summed E-state index contributed by atoms with van der Waals surface area (Å²) in [6, 6.07) is 10.1. The fraction of sp³-hybridized carbons (Fsp3) is 0.353. The molecular formula is C17H19N5O. The van der Waals surface area contributed by atoms with E-state index in [9.17, 15) is 0 Å². The Balaban J connectivity index is 1.54. The Bertz CT molecular complexity index is 779. The maximum atomic E-state index is 5.55. The molecule has 2 aromatic heterocycles. The molecule has 0 bridgehead atoms. The number of hydrogen-bond acceptors (Lipinski definition) is 5. The Morgan fingerprint density at radius 1 is 1.30 bits per heavy atom. The van der Waals surface area contributed by atoms with Crippen molar-refractivity contribution in [2.24, 2.45) is 0 Å². The minimum atomic E-state index is 0.184. The molecule has 23 heavy (non-hydrogen) atoms. The van der Waals surface area contributed by atoms with E-state index in [2.05, 4.69) is 25.0 Å². The summed E-state index contributed by atoms with van der Waals surface area (Å²) in [6.45, 7) is 3.83. The van der Waals surface area contributed by atoms with E-state index in [1.807, 2.05) is 43.5 Å². The SMILES string of the molecule is Cc1ncc(CN2CCC[C@@H]2c2nc(-c3ccccc3)no2)[nH]1. The second-order valence-corrected chi connectivity index (χ2v) is 5.94. The van der Waals surface area contributed by atoms with Gasteiger partial charge in [0.1, 0.15) is 5.82 Å². The standard InChI is InChI=1S/C17H19N5O/c1-12-18-10-14(19-12)11-22-9-5-8-15(22)17-20-16(21-23-17)13-6-3-2-4-7-13/h2-4,6-7,10,15H,5,8-9,11H2,1H3,(H,18,19)/t15-/m1/s1. The molecule has 1 aliphatic rings. The highest BCUT2D eigenvalue weighted by molar-refractivity contribution is 5.53. The zero-order valence-corrected chi connectivity index (χ0v) is 13.1. The van der Waals surface area contributed by atoms with Gasteiger partial charge in [0.15, 0.2) is 0 Å². The zero-order valence-electron chi connectivity index (χ0n) is 13.1. The Labute approximate surface area is 134 Å². The first-order chi connectivity index (χ1) is 11.3. The second kappa shape index (κ2) is 5.96. The maximum Gasteiger partial charge on any atom is 0.244 e. The highest BCUT2D eigenvalue weighted by atomic mass is 16.5. The number of hydrogen-bond donors (Lipinski definition) is 1. The van der Waals surface area contributed by atoms with Gasteiger partial charge < -0.3 is 9.51 Å². The smallest absolute Gasteiger partial charge is 0.244 e. The molecule has 3 aromatic rings. The number of rotatable bonds is 4. The molecule has 3 heterocycles. The van der Waals surface area contributed by atoms with Crippen molar-refractivity contribution >= 4 is 0 Å². The number of nitrogens with zero attached hydrogens (tertiary/aromatic N) is 4. The molecule has 0 saturated carbocycles. The lowest BCUT2D eigenvalue weighted by Crippen LogP contribution is -2.23. The molecule has 1 saturated heterocycles. The maximum absolute atomic E-state index is 5.55. The van der Waals surface area contributed by atoms with Gasteiger partial charge in [-0.15, -0.1) is 0 Å². The van der Waals surface area contributed by atoms with Crippen molar-refractivity contribution in [2.45, 2.75) is 32.4 Å². The van der Waals surface area contributed by atoms with E-state index < -0.39 is 0 Å². The van der Waals surface area contributed by atoms with E-state index in [0.29, 0.717) is 11.7 Å². The fourth-order valence-corrected chi connectivity index (χ4v) is 3.14. The third-order valence-electron chi connectivity index (χ3n) is 4.25. The number of imidazole rings is 1.